The standard InChI is InChI=1S/C17H15F2NO4/c1-23-17(22)9-6-13-4-3-12(24-13)5-8-16(21)20-11-2-7-14(18)15(19)10-11/h2-5,7-8,10H,6,9H2,1H3,(H,20,21)/b8-5+. The monoisotopic (exact) mass is 335 g/mol. The molecule has 0 radical (unpaired) electrons. The molecule has 1 aromatic heterocycles. The lowest BCUT2D eigenvalue weighted by Gasteiger charge is -2.02. The van der Waals surface area contributed by atoms with E-state index in [1.165, 1.54) is 25.3 Å². The first-order valence-corrected chi connectivity index (χ1v) is 7.07. The van der Waals surface area contributed by atoms with Gasteiger partial charge in [-0.2, -0.15) is 0 Å². The number of hydrogen-bond donors (Lipinski definition) is 1. The SMILES string of the molecule is COC(=O)CCc1ccc(/C=C/C(=O)Nc2ccc(F)c(F)c2)o1. The molecule has 1 N–H and O–H groups in total. The summed E-state index contributed by atoms with van der Waals surface area (Å²) >= 11 is 0. The maximum atomic E-state index is 13.0. The van der Waals surface area contributed by atoms with Gasteiger partial charge in [0, 0.05) is 24.3 Å². The second-order valence-corrected chi connectivity index (χ2v) is 4.83. The number of amides is 1. The van der Waals surface area contributed by atoms with Gasteiger partial charge in [0.05, 0.1) is 13.5 Å². The maximum absolute atomic E-state index is 13.0. The Morgan fingerprint density at radius 3 is 2.71 bits per heavy atom. The Hall–Kier alpha value is -2.96. The van der Waals surface area contributed by atoms with Crippen LogP contribution in [0.1, 0.15) is 17.9 Å². The third-order valence-electron chi connectivity index (χ3n) is 3.07. The van der Waals surface area contributed by atoms with E-state index in [1.54, 1.807) is 12.1 Å². The predicted octanol–water partition coefficient (Wildman–Crippen LogP) is 3.32. The van der Waals surface area contributed by atoms with Crippen molar-refractivity contribution in [1.82, 2.24) is 0 Å². The largest absolute Gasteiger partial charge is 0.469 e. The molecule has 0 aliphatic rings. The summed E-state index contributed by atoms with van der Waals surface area (Å²) < 4.78 is 35.8. The molecule has 0 fully saturated rings. The molecule has 24 heavy (non-hydrogen) atoms. The number of methoxy groups -OCH3 is 1. The van der Waals surface area contributed by atoms with Crippen LogP contribution in [0.5, 0.6) is 0 Å². The van der Waals surface area contributed by atoms with E-state index in [0.717, 1.165) is 12.1 Å². The lowest BCUT2D eigenvalue weighted by atomic mass is 10.2. The van der Waals surface area contributed by atoms with Crippen LogP contribution >= 0.6 is 0 Å². The fraction of sp³-hybridized carbons (Fsp3) is 0.176. The van der Waals surface area contributed by atoms with E-state index >= 15 is 0 Å². The second kappa shape index (κ2) is 8.05. The van der Waals surface area contributed by atoms with Gasteiger partial charge in [-0.1, -0.05) is 0 Å². The first-order chi connectivity index (χ1) is 11.5. The molecule has 0 bridgehead atoms. The maximum Gasteiger partial charge on any atom is 0.305 e. The van der Waals surface area contributed by atoms with Crippen molar-refractivity contribution in [3.63, 3.8) is 0 Å². The van der Waals surface area contributed by atoms with Crippen molar-refractivity contribution >= 4 is 23.6 Å². The van der Waals surface area contributed by atoms with Crippen LogP contribution in [0.3, 0.4) is 0 Å². The van der Waals surface area contributed by atoms with E-state index in [4.69, 9.17) is 4.42 Å². The number of rotatable bonds is 6. The lowest BCUT2D eigenvalue weighted by molar-refractivity contribution is -0.140. The zero-order valence-corrected chi connectivity index (χ0v) is 12.8. The Morgan fingerprint density at radius 1 is 1.21 bits per heavy atom. The van der Waals surface area contributed by atoms with Gasteiger partial charge in [0.15, 0.2) is 11.6 Å². The number of halogens is 2. The van der Waals surface area contributed by atoms with Crippen molar-refractivity contribution in [2.45, 2.75) is 12.8 Å². The highest BCUT2D eigenvalue weighted by atomic mass is 19.2. The quantitative estimate of drug-likeness (QED) is 0.649. The van der Waals surface area contributed by atoms with Gasteiger partial charge in [-0.05, 0) is 30.3 Å². The zero-order valence-electron chi connectivity index (χ0n) is 12.8. The average molecular weight is 335 g/mol. The summed E-state index contributed by atoms with van der Waals surface area (Å²) in [4.78, 5) is 22.8. The van der Waals surface area contributed by atoms with Crippen molar-refractivity contribution in [2.75, 3.05) is 12.4 Å². The molecule has 1 amide bonds. The zero-order chi connectivity index (χ0) is 17.5. The number of nitrogens with one attached hydrogen (secondary N) is 1. The minimum atomic E-state index is -1.04. The minimum Gasteiger partial charge on any atom is -0.469 e. The van der Waals surface area contributed by atoms with Crippen molar-refractivity contribution < 1.29 is 27.5 Å². The molecule has 5 nitrogen and oxygen atoms in total. The van der Waals surface area contributed by atoms with Crippen LogP contribution in [0.25, 0.3) is 6.08 Å². The molecule has 126 valence electrons. The number of furan rings is 1. The van der Waals surface area contributed by atoms with Crippen molar-refractivity contribution in [1.29, 1.82) is 0 Å². The van der Waals surface area contributed by atoms with Gasteiger partial charge in [0.25, 0.3) is 0 Å². The van der Waals surface area contributed by atoms with E-state index in [-0.39, 0.29) is 18.1 Å². The second-order valence-electron chi connectivity index (χ2n) is 4.83. The molecular weight excluding hydrogens is 320 g/mol. The third-order valence-corrected chi connectivity index (χ3v) is 3.07. The van der Waals surface area contributed by atoms with Crippen molar-refractivity contribution in [3.8, 4) is 0 Å². The molecule has 0 spiro atoms. The summed E-state index contributed by atoms with van der Waals surface area (Å²) in [6, 6.07) is 6.40. The molecule has 0 unspecified atom stereocenters. The van der Waals surface area contributed by atoms with Crippen LogP contribution in [0, 0.1) is 11.6 Å². The highest BCUT2D eigenvalue weighted by Crippen LogP contribution is 2.14. The number of anilines is 1. The average Bonchev–Trinajstić information content (AvgIpc) is 3.02. The molecule has 2 rings (SSSR count). The normalized spacial score (nSPS) is 10.8. The Kier molecular flexibility index (Phi) is 5.83. The number of esters is 1. The molecule has 0 aliphatic carbocycles. The molecule has 1 aromatic carbocycles. The number of carbonyl (C=O) groups is 2. The van der Waals surface area contributed by atoms with Gasteiger partial charge < -0.3 is 14.5 Å². The van der Waals surface area contributed by atoms with Gasteiger partial charge in [-0.3, -0.25) is 9.59 Å². The van der Waals surface area contributed by atoms with Crippen LogP contribution in [0.4, 0.5) is 14.5 Å². The van der Waals surface area contributed by atoms with Gasteiger partial charge in [0.1, 0.15) is 11.5 Å². The summed E-state index contributed by atoms with van der Waals surface area (Å²) in [6.07, 6.45) is 3.21. The molecule has 0 aliphatic heterocycles. The van der Waals surface area contributed by atoms with E-state index in [0.29, 0.717) is 17.9 Å². The summed E-state index contributed by atoms with van der Waals surface area (Å²) in [5.74, 6) is -1.88. The summed E-state index contributed by atoms with van der Waals surface area (Å²) in [7, 11) is 1.31. The summed E-state index contributed by atoms with van der Waals surface area (Å²) in [5, 5.41) is 2.40. The highest BCUT2D eigenvalue weighted by Gasteiger charge is 2.06. The van der Waals surface area contributed by atoms with Crippen LogP contribution in [-0.2, 0) is 20.7 Å². The molecular formula is C17H15F2NO4. The number of aryl methyl sites for hydroxylation is 1. The highest BCUT2D eigenvalue weighted by molar-refractivity contribution is 6.01. The molecule has 0 atom stereocenters. The first-order valence-electron chi connectivity index (χ1n) is 7.07. The fourth-order valence-corrected chi connectivity index (χ4v) is 1.86. The molecule has 1 heterocycles. The Bertz CT molecular complexity index is 768. The third kappa shape index (κ3) is 5.05. The Labute approximate surface area is 136 Å². The minimum absolute atomic E-state index is 0.141. The van der Waals surface area contributed by atoms with Crippen LogP contribution in [-0.4, -0.2) is 19.0 Å². The predicted molar refractivity (Wildman–Crippen MR) is 83.1 cm³/mol. The summed E-state index contributed by atoms with van der Waals surface area (Å²) in [5.41, 5.74) is 0.141. The van der Waals surface area contributed by atoms with Crippen LogP contribution in [0.2, 0.25) is 0 Å². The van der Waals surface area contributed by atoms with Gasteiger partial charge >= 0.3 is 5.97 Å². The first kappa shape index (κ1) is 17.4. The molecule has 7 heteroatoms. The van der Waals surface area contributed by atoms with Crippen molar-refractivity contribution in [3.05, 3.63) is 59.6 Å². The molecule has 0 saturated carbocycles. The van der Waals surface area contributed by atoms with E-state index in [1.807, 2.05) is 0 Å². The smallest absolute Gasteiger partial charge is 0.305 e. The fourth-order valence-electron chi connectivity index (χ4n) is 1.86. The van der Waals surface area contributed by atoms with Gasteiger partial charge in [0.2, 0.25) is 5.91 Å². The topological polar surface area (TPSA) is 68.5 Å². The number of ether oxygens (including phenoxy) is 1. The molecule has 2 aromatic rings. The molecule has 0 saturated heterocycles. The van der Waals surface area contributed by atoms with Gasteiger partial charge in [-0.25, -0.2) is 8.78 Å². The van der Waals surface area contributed by atoms with E-state index < -0.39 is 17.5 Å². The van der Waals surface area contributed by atoms with E-state index in [2.05, 4.69) is 10.1 Å². The Morgan fingerprint density at radius 2 is 2.00 bits per heavy atom. The Balaban J connectivity index is 1.90. The van der Waals surface area contributed by atoms with E-state index in [9.17, 15) is 18.4 Å². The van der Waals surface area contributed by atoms with Crippen LogP contribution < -0.4 is 5.32 Å². The number of benzene rings is 1. The van der Waals surface area contributed by atoms with Gasteiger partial charge in [-0.15, -0.1) is 0 Å². The number of carbonyl (C=O) groups excluding carboxylic acids is 2. The van der Waals surface area contributed by atoms with Crippen LogP contribution in [0.15, 0.2) is 40.8 Å². The lowest BCUT2D eigenvalue weighted by Crippen LogP contribution is -2.08. The number of hydrogen-bond acceptors (Lipinski definition) is 4. The summed E-state index contributed by atoms with van der Waals surface area (Å²) in [6.45, 7) is 0. The van der Waals surface area contributed by atoms with Crippen molar-refractivity contribution in [2.24, 2.45) is 0 Å².